The van der Waals surface area contributed by atoms with Crippen LogP contribution in [0.1, 0.15) is 38.3 Å². The first-order valence-electron chi connectivity index (χ1n) is 9.21. The monoisotopic (exact) mass is 352 g/mol. The Kier molecular flexibility index (Phi) is 4.44. The van der Waals surface area contributed by atoms with Crippen molar-refractivity contribution in [3.05, 3.63) is 53.1 Å². The summed E-state index contributed by atoms with van der Waals surface area (Å²) in [6.45, 7) is 6.72. The molecule has 0 atom stereocenters. The van der Waals surface area contributed by atoms with Gasteiger partial charge in [-0.2, -0.15) is 5.10 Å². The van der Waals surface area contributed by atoms with E-state index in [9.17, 15) is 4.79 Å². The van der Waals surface area contributed by atoms with E-state index in [0.29, 0.717) is 5.92 Å². The second-order valence-electron chi connectivity index (χ2n) is 7.30. The Morgan fingerprint density at radius 2 is 2.00 bits per heavy atom. The zero-order chi connectivity index (χ0) is 18.1. The van der Waals surface area contributed by atoms with Crippen LogP contribution in [0.15, 0.2) is 41.8 Å². The minimum atomic E-state index is 0.0526. The summed E-state index contributed by atoms with van der Waals surface area (Å²) >= 11 is 0. The molecule has 1 fully saturated rings. The molecule has 0 amide bonds. The van der Waals surface area contributed by atoms with Crippen LogP contribution in [0.3, 0.4) is 0 Å². The van der Waals surface area contributed by atoms with Crippen LogP contribution in [0, 0.1) is 5.92 Å². The predicted octanol–water partition coefficient (Wildman–Crippen LogP) is 2.33. The normalized spacial score (nSPS) is 15.9. The average molecular weight is 352 g/mol. The molecule has 7 nitrogen and oxygen atoms in total. The molecule has 136 valence electrons. The molecule has 1 saturated heterocycles. The molecule has 0 unspecified atom stereocenters. The highest BCUT2D eigenvalue weighted by Gasteiger charge is 2.22. The maximum Gasteiger partial charge on any atom is 0.253 e. The first-order valence-corrected chi connectivity index (χ1v) is 9.21. The molecule has 7 heteroatoms. The van der Waals surface area contributed by atoms with Gasteiger partial charge in [0.2, 0.25) is 0 Å². The minimum Gasteiger partial charge on any atom is -0.355 e. The summed E-state index contributed by atoms with van der Waals surface area (Å²) < 4.78 is 3.61. The van der Waals surface area contributed by atoms with Crippen LogP contribution in [0.25, 0.3) is 5.52 Å². The quantitative estimate of drug-likeness (QED) is 0.721. The van der Waals surface area contributed by atoms with Gasteiger partial charge in [0.25, 0.3) is 5.56 Å². The van der Waals surface area contributed by atoms with Crippen molar-refractivity contribution >= 4 is 11.3 Å². The van der Waals surface area contributed by atoms with E-state index in [0.717, 1.165) is 49.5 Å². The van der Waals surface area contributed by atoms with E-state index in [1.165, 1.54) is 0 Å². The molecule has 0 radical (unpaired) electrons. The van der Waals surface area contributed by atoms with Crippen molar-refractivity contribution in [1.82, 2.24) is 24.1 Å². The second-order valence-corrected chi connectivity index (χ2v) is 7.30. The molecule has 4 rings (SSSR count). The van der Waals surface area contributed by atoms with Crippen molar-refractivity contribution in [3.8, 4) is 0 Å². The highest BCUT2D eigenvalue weighted by atomic mass is 16.1. The molecular weight excluding hydrogens is 328 g/mol. The highest BCUT2D eigenvalue weighted by Crippen LogP contribution is 2.25. The average Bonchev–Trinajstić information content (AvgIpc) is 3.13. The van der Waals surface area contributed by atoms with Gasteiger partial charge in [-0.1, -0.05) is 13.8 Å². The lowest BCUT2D eigenvalue weighted by Crippen LogP contribution is -2.37. The first kappa shape index (κ1) is 16.8. The van der Waals surface area contributed by atoms with Crippen molar-refractivity contribution < 1.29 is 0 Å². The maximum absolute atomic E-state index is 12.3. The fourth-order valence-corrected chi connectivity index (χ4v) is 3.59. The van der Waals surface area contributed by atoms with Crippen molar-refractivity contribution in [2.75, 3.05) is 18.0 Å². The van der Waals surface area contributed by atoms with Gasteiger partial charge in [-0.05, 0) is 30.7 Å². The van der Waals surface area contributed by atoms with Crippen molar-refractivity contribution in [1.29, 1.82) is 0 Å². The van der Waals surface area contributed by atoms with Crippen LogP contribution in [0.2, 0.25) is 0 Å². The van der Waals surface area contributed by atoms with Crippen LogP contribution in [-0.4, -0.2) is 37.2 Å². The summed E-state index contributed by atoms with van der Waals surface area (Å²) in [5.74, 6) is 1.75. The van der Waals surface area contributed by atoms with E-state index in [2.05, 4.69) is 33.8 Å². The number of fused-ring (bicyclic) bond motifs is 1. The standard InChI is InChI=1S/C19H24N6O/c1-14(2)16-11-18(26)24(13-21-16)12-15-4-8-23(9-5-15)19-17-3-6-22-25(17)10-7-20-19/h3,6-7,10-11,13-15H,4-5,8-9,12H2,1-2H3. The summed E-state index contributed by atoms with van der Waals surface area (Å²) in [6.07, 6.45) is 9.24. The Balaban J connectivity index is 1.43. The topological polar surface area (TPSA) is 68.3 Å². The molecule has 1 aliphatic heterocycles. The van der Waals surface area contributed by atoms with Gasteiger partial charge in [0, 0.05) is 38.1 Å². The van der Waals surface area contributed by atoms with E-state index in [-0.39, 0.29) is 11.5 Å². The van der Waals surface area contributed by atoms with Crippen molar-refractivity contribution in [2.24, 2.45) is 5.92 Å². The van der Waals surface area contributed by atoms with E-state index in [1.54, 1.807) is 29.4 Å². The molecule has 0 spiro atoms. The van der Waals surface area contributed by atoms with Crippen LogP contribution in [-0.2, 0) is 6.54 Å². The smallest absolute Gasteiger partial charge is 0.253 e. The maximum atomic E-state index is 12.3. The van der Waals surface area contributed by atoms with Crippen LogP contribution >= 0.6 is 0 Å². The molecule has 0 bridgehead atoms. The van der Waals surface area contributed by atoms with Gasteiger partial charge in [-0.15, -0.1) is 0 Å². The molecule has 0 N–H and O–H groups in total. The Labute approximate surface area is 152 Å². The summed E-state index contributed by atoms with van der Waals surface area (Å²) in [5, 5.41) is 4.28. The van der Waals surface area contributed by atoms with E-state index < -0.39 is 0 Å². The summed E-state index contributed by atoms with van der Waals surface area (Å²) in [4.78, 5) is 23.6. The number of anilines is 1. The largest absolute Gasteiger partial charge is 0.355 e. The molecule has 0 aliphatic carbocycles. The zero-order valence-electron chi connectivity index (χ0n) is 15.2. The summed E-state index contributed by atoms with van der Waals surface area (Å²) in [6, 6.07) is 3.67. The van der Waals surface area contributed by atoms with Gasteiger partial charge in [-0.25, -0.2) is 14.5 Å². The lowest BCUT2D eigenvalue weighted by Gasteiger charge is -2.33. The fourth-order valence-electron chi connectivity index (χ4n) is 3.59. The Morgan fingerprint density at radius 1 is 1.19 bits per heavy atom. The van der Waals surface area contributed by atoms with Crippen molar-refractivity contribution in [3.63, 3.8) is 0 Å². The van der Waals surface area contributed by atoms with E-state index in [4.69, 9.17) is 0 Å². The minimum absolute atomic E-state index is 0.0526. The number of hydrogen-bond acceptors (Lipinski definition) is 5. The molecule has 3 aromatic heterocycles. The van der Waals surface area contributed by atoms with E-state index >= 15 is 0 Å². The zero-order valence-corrected chi connectivity index (χ0v) is 15.2. The van der Waals surface area contributed by atoms with Gasteiger partial charge in [-0.3, -0.25) is 9.36 Å². The van der Waals surface area contributed by atoms with Crippen LogP contribution in [0.4, 0.5) is 5.82 Å². The lowest BCUT2D eigenvalue weighted by molar-refractivity contribution is 0.350. The predicted molar refractivity (Wildman–Crippen MR) is 101 cm³/mol. The number of nitrogens with zero attached hydrogens (tertiary/aromatic N) is 6. The SMILES string of the molecule is CC(C)c1cc(=O)n(CC2CCN(c3nccn4nccc34)CC2)cn1. The number of aromatic nitrogens is 5. The Bertz CT molecular complexity index is 952. The van der Waals surface area contributed by atoms with Crippen molar-refractivity contribution in [2.45, 2.75) is 39.2 Å². The summed E-state index contributed by atoms with van der Waals surface area (Å²) in [7, 11) is 0. The number of hydrogen-bond donors (Lipinski definition) is 0. The molecule has 0 aromatic carbocycles. The third kappa shape index (κ3) is 3.21. The van der Waals surface area contributed by atoms with Gasteiger partial charge in [0.15, 0.2) is 5.82 Å². The molecule has 4 heterocycles. The molecule has 26 heavy (non-hydrogen) atoms. The lowest BCUT2D eigenvalue weighted by atomic mass is 9.96. The van der Waals surface area contributed by atoms with Gasteiger partial charge in [0.1, 0.15) is 5.52 Å². The van der Waals surface area contributed by atoms with Crippen LogP contribution in [0.5, 0.6) is 0 Å². The van der Waals surface area contributed by atoms with Gasteiger partial charge < -0.3 is 4.90 Å². The third-order valence-corrected chi connectivity index (χ3v) is 5.17. The third-order valence-electron chi connectivity index (χ3n) is 5.17. The second kappa shape index (κ2) is 6.90. The van der Waals surface area contributed by atoms with Crippen LogP contribution < -0.4 is 10.5 Å². The van der Waals surface area contributed by atoms with E-state index in [1.807, 2.05) is 16.8 Å². The van der Waals surface area contributed by atoms with Gasteiger partial charge in [0.05, 0.1) is 18.2 Å². The Hall–Kier alpha value is -2.70. The Morgan fingerprint density at radius 3 is 2.73 bits per heavy atom. The highest BCUT2D eigenvalue weighted by molar-refractivity contribution is 5.68. The number of piperidine rings is 1. The first-order chi connectivity index (χ1) is 12.6. The molecule has 3 aromatic rings. The fraction of sp³-hybridized carbons (Fsp3) is 0.474. The number of rotatable bonds is 4. The van der Waals surface area contributed by atoms with Gasteiger partial charge >= 0.3 is 0 Å². The molecule has 1 aliphatic rings. The summed E-state index contributed by atoms with van der Waals surface area (Å²) in [5.41, 5.74) is 1.95. The molecular formula is C19H24N6O. The molecule has 0 saturated carbocycles.